The Kier molecular flexibility index (Phi) is 11.4. The molecule has 0 saturated carbocycles. The number of fused-ring (bicyclic) bond motifs is 1. The Balaban J connectivity index is 2.40. The maximum atomic E-state index is 12.8. The number of ether oxygens (including phenoxy) is 1. The van der Waals surface area contributed by atoms with Gasteiger partial charge in [0.15, 0.2) is 0 Å². The molecule has 2 rings (SSSR count). The first kappa shape index (κ1) is 30.6. The Labute approximate surface area is 224 Å². The van der Waals surface area contributed by atoms with E-state index in [0.29, 0.717) is 0 Å². The van der Waals surface area contributed by atoms with Gasteiger partial charge >= 0.3 is 5.97 Å². The van der Waals surface area contributed by atoms with Crippen LogP contribution in [-0.2, 0) is 14.3 Å². The first-order valence-corrected chi connectivity index (χ1v) is 13.6. The molecular formula is C32H47NO4. The summed E-state index contributed by atoms with van der Waals surface area (Å²) >= 11 is 0. The van der Waals surface area contributed by atoms with E-state index in [1.54, 1.807) is 13.0 Å². The van der Waals surface area contributed by atoms with Crippen LogP contribution in [0.4, 0.5) is 0 Å². The van der Waals surface area contributed by atoms with Crippen LogP contribution in [0.3, 0.4) is 0 Å². The van der Waals surface area contributed by atoms with Gasteiger partial charge in [0.05, 0.1) is 12.1 Å². The molecule has 1 aliphatic carbocycles. The summed E-state index contributed by atoms with van der Waals surface area (Å²) in [6.45, 7) is 15.7. The average Bonchev–Trinajstić information content (AvgIpc) is 2.84. The van der Waals surface area contributed by atoms with Crippen molar-refractivity contribution in [1.29, 1.82) is 0 Å². The number of cyclic esters (lactones) is 1. The first-order valence-electron chi connectivity index (χ1n) is 13.6. The van der Waals surface area contributed by atoms with Crippen LogP contribution in [0.25, 0.3) is 0 Å². The summed E-state index contributed by atoms with van der Waals surface area (Å²) in [7, 11) is 0. The maximum Gasteiger partial charge on any atom is 0.331 e. The number of nitrogens with one attached hydrogen (secondary N) is 1. The third-order valence-electron chi connectivity index (χ3n) is 7.61. The molecule has 1 amide bonds. The molecule has 1 heterocycles. The fraction of sp³-hybridized carbons (Fsp3) is 0.562. The maximum absolute atomic E-state index is 12.8. The third kappa shape index (κ3) is 8.99. The molecule has 0 radical (unpaired) electrons. The van der Waals surface area contributed by atoms with Crippen molar-refractivity contribution in [3.05, 3.63) is 71.9 Å². The Morgan fingerprint density at radius 2 is 1.81 bits per heavy atom. The van der Waals surface area contributed by atoms with E-state index in [1.165, 1.54) is 6.08 Å². The SMILES string of the molecule is CC1=C/C=C/C(=O)O[C@@H]([C@H](C)[C@H](O)[C@@H](C)NC(=O)C(C)C)[C@H](C)/C=C/C(C)=C/[C@H]2C=CCC[C@@]2(C)\C=C\1. The summed E-state index contributed by atoms with van der Waals surface area (Å²) < 4.78 is 5.89. The van der Waals surface area contributed by atoms with Gasteiger partial charge in [-0.25, -0.2) is 4.79 Å². The Bertz CT molecular complexity index is 983. The zero-order valence-corrected chi connectivity index (χ0v) is 23.9. The van der Waals surface area contributed by atoms with Crippen molar-refractivity contribution in [1.82, 2.24) is 5.32 Å². The molecule has 0 aromatic heterocycles. The highest BCUT2D eigenvalue weighted by atomic mass is 16.5. The van der Waals surface area contributed by atoms with Gasteiger partial charge < -0.3 is 15.2 Å². The number of hydrogen-bond acceptors (Lipinski definition) is 4. The molecular weight excluding hydrogens is 462 g/mol. The molecule has 0 aromatic rings. The second-order valence-electron chi connectivity index (χ2n) is 11.4. The van der Waals surface area contributed by atoms with Gasteiger partial charge in [-0.3, -0.25) is 4.79 Å². The first-order chi connectivity index (χ1) is 17.3. The molecule has 0 saturated heterocycles. The number of carbonyl (C=O) groups is 2. The van der Waals surface area contributed by atoms with Crippen molar-refractivity contribution in [2.45, 2.75) is 86.5 Å². The summed E-state index contributed by atoms with van der Waals surface area (Å²) in [6.07, 6.45) is 21.1. The Morgan fingerprint density at radius 1 is 1.11 bits per heavy atom. The minimum atomic E-state index is -0.886. The molecule has 0 spiro atoms. The van der Waals surface area contributed by atoms with Gasteiger partial charge in [-0.05, 0) is 39.0 Å². The predicted molar refractivity (Wildman–Crippen MR) is 152 cm³/mol. The van der Waals surface area contributed by atoms with E-state index >= 15 is 0 Å². The van der Waals surface area contributed by atoms with Crippen LogP contribution in [0.1, 0.15) is 68.2 Å². The molecule has 0 unspecified atom stereocenters. The second-order valence-corrected chi connectivity index (χ2v) is 11.4. The van der Waals surface area contributed by atoms with E-state index in [1.807, 2.05) is 46.8 Å². The van der Waals surface area contributed by atoms with Crippen molar-refractivity contribution in [2.24, 2.45) is 29.1 Å². The zero-order valence-electron chi connectivity index (χ0n) is 23.9. The van der Waals surface area contributed by atoms with Crippen molar-refractivity contribution in [2.75, 3.05) is 0 Å². The minimum absolute atomic E-state index is 0.0159. The van der Waals surface area contributed by atoms with Gasteiger partial charge in [0.25, 0.3) is 0 Å². The quantitative estimate of drug-likeness (QED) is 0.340. The smallest absolute Gasteiger partial charge is 0.331 e. The molecule has 2 N–H and O–H groups in total. The van der Waals surface area contributed by atoms with Crippen LogP contribution in [0.2, 0.25) is 0 Å². The molecule has 0 fully saturated rings. The number of allylic oxidation sites excluding steroid dienone is 10. The fourth-order valence-electron chi connectivity index (χ4n) is 4.86. The average molecular weight is 510 g/mol. The van der Waals surface area contributed by atoms with Gasteiger partial charge in [-0.2, -0.15) is 0 Å². The van der Waals surface area contributed by atoms with Crippen LogP contribution in [0.5, 0.6) is 0 Å². The molecule has 1 aliphatic heterocycles. The Morgan fingerprint density at radius 3 is 2.49 bits per heavy atom. The van der Waals surface area contributed by atoms with E-state index in [4.69, 9.17) is 4.74 Å². The Hall–Kier alpha value is -2.66. The summed E-state index contributed by atoms with van der Waals surface area (Å²) in [5.74, 6) is -1.04. The van der Waals surface area contributed by atoms with Crippen LogP contribution in [0.15, 0.2) is 71.9 Å². The number of hydrogen-bond donors (Lipinski definition) is 2. The molecule has 204 valence electrons. The largest absolute Gasteiger partial charge is 0.458 e. The molecule has 5 heteroatoms. The minimum Gasteiger partial charge on any atom is -0.458 e. The molecule has 0 bridgehead atoms. The van der Waals surface area contributed by atoms with E-state index in [2.05, 4.69) is 55.6 Å². The molecule has 37 heavy (non-hydrogen) atoms. The van der Waals surface area contributed by atoms with Gasteiger partial charge in [0, 0.05) is 29.7 Å². The summed E-state index contributed by atoms with van der Waals surface area (Å²) in [4.78, 5) is 24.9. The van der Waals surface area contributed by atoms with Gasteiger partial charge in [-0.1, -0.05) is 100 Å². The second kappa shape index (κ2) is 13.8. The van der Waals surface area contributed by atoms with E-state index < -0.39 is 30.1 Å². The molecule has 5 nitrogen and oxygen atoms in total. The monoisotopic (exact) mass is 509 g/mol. The lowest BCUT2D eigenvalue weighted by Gasteiger charge is -2.35. The van der Waals surface area contributed by atoms with Crippen molar-refractivity contribution in [3.8, 4) is 0 Å². The van der Waals surface area contributed by atoms with Crippen LogP contribution < -0.4 is 5.32 Å². The van der Waals surface area contributed by atoms with E-state index in [0.717, 1.165) is 24.0 Å². The lowest BCUT2D eigenvalue weighted by atomic mass is 9.69. The lowest BCUT2D eigenvalue weighted by Crippen LogP contribution is -2.49. The van der Waals surface area contributed by atoms with Crippen LogP contribution in [0, 0.1) is 29.1 Å². The van der Waals surface area contributed by atoms with Crippen molar-refractivity contribution >= 4 is 11.9 Å². The fourth-order valence-corrected chi connectivity index (χ4v) is 4.86. The number of aliphatic hydroxyl groups is 1. The van der Waals surface area contributed by atoms with Crippen molar-refractivity contribution < 1.29 is 19.4 Å². The van der Waals surface area contributed by atoms with Gasteiger partial charge in [-0.15, -0.1) is 0 Å². The summed E-state index contributed by atoms with van der Waals surface area (Å²) in [5, 5.41) is 13.9. The van der Waals surface area contributed by atoms with Crippen LogP contribution in [-0.4, -0.2) is 35.2 Å². The van der Waals surface area contributed by atoms with E-state index in [9.17, 15) is 14.7 Å². The highest BCUT2D eigenvalue weighted by Gasteiger charge is 2.34. The van der Waals surface area contributed by atoms with E-state index in [-0.39, 0.29) is 29.1 Å². The summed E-state index contributed by atoms with van der Waals surface area (Å²) in [6, 6.07) is -0.481. The van der Waals surface area contributed by atoms with Gasteiger partial charge in [0.1, 0.15) is 6.10 Å². The standard InChI is InChI=1S/C32H47NO4/c1-21(2)31(36)33-26(7)29(35)25(6)30-24(5)16-15-23(4)20-27-13-9-10-18-32(27,8)19-17-22(3)12-11-14-28(34)37-30/h9,11-17,19-21,24-27,29-30,35H,10,18H2,1-8H3,(H,33,36)/b14-11+,16-15+,19-17+,22-12-,23-20+/t24-,25-,26-,27-,29+,30-,32+/m1/s1. The number of carbonyl (C=O) groups excluding carboxylic acids is 2. The normalized spacial score (nSPS) is 35.0. The number of aliphatic hydroxyl groups excluding tert-OH is 1. The highest BCUT2D eigenvalue weighted by molar-refractivity contribution is 5.82. The van der Waals surface area contributed by atoms with Crippen molar-refractivity contribution in [3.63, 3.8) is 0 Å². The highest BCUT2D eigenvalue weighted by Crippen LogP contribution is 2.40. The topological polar surface area (TPSA) is 75.6 Å². The molecule has 0 aromatic carbocycles. The van der Waals surface area contributed by atoms with Crippen LogP contribution >= 0.6 is 0 Å². The number of rotatable bonds is 5. The number of amides is 1. The number of esters is 1. The van der Waals surface area contributed by atoms with Gasteiger partial charge in [0.2, 0.25) is 5.91 Å². The third-order valence-corrected chi connectivity index (χ3v) is 7.61. The molecule has 7 atom stereocenters. The predicted octanol–water partition coefficient (Wildman–Crippen LogP) is 6.24. The summed E-state index contributed by atoms with van der Waals surface area (Å²) in [5.41, 5.74) is 2.20. The molecule has 2 aliphatic rings. The zero-order chi connectivity index (χ0) is 27.8. The lowest BCUT2D eigenvalue weighted by molar-refractivity contribution is -0.151.